The van der Waals surface area contributed by atoms with Crippen LogP contribution in [0.3, 0.4) is 0 Å². The van der Waals surface area contributed by atoms with E-state index >= 15 is 0 Å². The van der Waals surface area contributed by atoms with E-state index in [4.69, 9.17) is 4.33 Å². The highest BCUT2D eigenvalue weighted by Gasteiger charge is 2.32. The summed E-state index contributed by atoms with van der Waals surface area (Å²) in [5.74, 6) is 0.759. The Hall–Kier alpha value is -1.77. The summed E-state index contributed by atoms with van der Waals surface area (Å²) >= 11 is 1.02. The van der Waals surface area contributed by atoms with Gasteiger partial charge >= 0.3 is 6.18 Å². The van der Waals surface area contributed by atoms with E-state index in [-0.39, 0.29) is 11.5 Å². The fourth-order valence-electron chi connectivity index (χ4n) is 3.15. The number of hydrogen-bond donors (Lipinski definition) is 1. The lowest BCUT2D eigenvalue weighted by atomic mass is 10.1. The molecule has 1 aliphatic carbocycles. The zero-order valence-corrected chi connectivity index (χ0v) is 15.7. The summed E-state index contributed by atoms with van der Waals surface area (Å²) in [5.41, 5.74) is 0.178. The van der Waals surface area contributed by atoms with Crippen LogP contribution in [0.15, 0.2) is 41.3 Å². The minimum Gasteiger partial charge on any atom is -0.370 e. The smallest absolute Gasteiger partial charge is 0.370 e. The molecule has 1 fully saturated rings. The van der Waals surface area contributed by atoms with Gasteiger partial charge in [-0.05, 0) is 43.0 Å². The normalized spacial score (nSPS) is 15.3. The van der Waals surface area contributed by atoms with E-state index in [1.54, 1.807) is 24.3 Å². The molecule has 0 amide bonds. The number of benzene rings is 1. The fourth-order valence-corrected chi connectivity index (χ4v) is 3.54. The quantitative estimate of drug-likeness (QED) is 0.354. The van der Waals surface area contributed by atoms with Gasteiger partial charge in [-0.2, -0.15) is 17.5 Å². The molecule has 1 aromatic carbocycles. The molecule has 0 bridgehead atoms. The summed E-state index contributed by atoms with van der Waals surface area (Å²) in [4.78, 5) is 9.68. The number of rotatable bonds is 7. The van der Waals surface area contributed by atoms with Gasteiger partial charge in [-0.3, -0.25) is 0 Å². The van der Waals surface area contributed by atoms with Crippen molar-refractivity contribution in [1.82, 2.24) is 4.98 Å². The van der Waals surface area contributed by atoms with E-state index in [1.807, 2.05) is 0 Å². The third-order valence-corrected chi connectivity index (χ3v) is 5.22. The van der Waals surface area contributed by atoms with Gasteiger partial charge in [0.2, 0.25) is 0 Å². The molecule has 0 spiro atoms. The summed E-state index contributed by atoms with van der Waals surface area (Å²) < 4.78 is 44.7. The summed E-state index contributed by atoms with van der Waals surface area (Å²) in [5, 5.41) is 3.10. The van der Waals surface area contributed by atoms with Crippen LogP contribution in [0.1, 0.15) is 31.2 Å². The maximum absolute atomic E-state index is 13.3. The van der Waals surface area contributed by atoms with Crippen LogP contribution in [0.5, 0.6) is 0 Å². The molecule has 8 heteroatoms. The molecule has 146 valence electrons. The minimum absolute atomic E-state index is 0.257. The standard InChI is InChI=1S/C19H21F3N2O2S/c1-25-26-27-16-8-6-14(7-9-16)17-10-15(19(20,21)22)11-18(24-17)23-12-13-4-2-3-5-13/h6-11,13H,2-5,12H2,1H3,(H,23,24). The Morgan fingerprint density at radius 3 is 2.48 bits per heavy atom. The number of nitrogens with zero attached hydrogens (tertiary/aromatic N) is 1. The molecule has 27 heavy (non-hydrogen) atoms. The average molecular weight is 398 g/mol. The van der Waals surface area contributed by atoms with Crippen LogP contribution in [0.2, 0.25) is 0 Å². The number of pyridine rings is 1. The van der Waals surface area contributed by atoms with Crippen LogP contribution in [0, 0.1) is 5.92 Å². The number of nitrogens with one attached hydrogen (secondary N) is 1. The van der Waals surface area contributed by atoms with Crippen molar-refractivity contribution in [3.05, 3.63) is 42.0 Å². The van der Waals surface area contributed by atoms with Gasteiger partial charge in [0.15, 0.2) is 0 Å². The highest BCUT2D eigenvalue weighted by Crippen LogP contribution is 2.34. The second kappa shape index (κ2) is 8.95. The van der Waals surface area contributed by atoms with Crippen LogP contribution in [-0.2, 0) is 15.4 Å². The largest absolute Gasteiger partial charge is 0.416 e. The molecule has 4 nitrogen and oxygen atoms in total. The highest BCUT2D eigenvalue weighted by molar-refractivity contribution is 7.94. The molecule has 0 radical (unpaired) electrons. The molecule has 1 aromatic heterocycles. The van der Waals surface area contributed by atoms with Crippen molar-refractivity contribution in [1.29, 1.82) is 0 Å². The monoisotopic (exact) mass is 398 g/mol. The third kappa shape index (κ3) is 5.60. The summed E-state index contributed by atoms with van der Waals surface area (Å²) in [6.07, 6.45) is 0.169. The Morgan fingerprint density at radius 2 is 1.85 bits per heavy atom. The number of halogens is 3. The molecular weight excluding hydrogens is 377 g/mol. The summed E-state index contributed by atoms with van der Waals surface area (Å²) in [7, 11) is 1.40. The van der Waals surface area contributed by atoms with Crippen molar-refractivity contribution in [2.45, 2.75) is 36.8 Å². The van der Waals surface area contributed by atoms with Crippen LogP contribution >= 0.6 is 12.0 Å². The first kappa shape index (κ1) is 20.0. The highest BCUT2D eigenvalue weighted by atomic mass is 32.2. The van der Waals surface area contributed by atoms with Crippen molar-refractivity contribution in [2.75, 3.05) is 19.0 Å². The molecule has 1 N–H and O–H groups in total. The second-order valence-corrected chi connectivity index (χ2v) is 7.27. The van der Waals surface area contributed by atoms with E-state index in [2.05, 4.69) is 15.2 Å². The minimum atomic E-state index is -4.43. The molecule has 0 unspecified atom stereocenters. The molecule has 0 aliphatic heterocycles. The van der Waals surface area contributed by atoms with E-state index in [0.29, 0.717) is 18.0 Å². The zero-order chi connectivity index (χ0) is 19.3. The Labute approximate surface area is 160 Å². The van der Waals surface area contributed by atoms with Crippen molar-refractivity contribution < 1.29 is 22.4 Å². The summed E-state index contributed by atoms with van der Waals surface area (Å²) in [6.45, 7) is 0.650. The van der Waals surface area contributed by atoms with Crippen molar-refractivity contribution in [3.8, 4) is 11.3 Å². The van der Waals surface area contributed by atoms with E-state index < -0.39 is 11.7 Å². The Morgan fingerprint density at radius 1 is 1.15 bits per heavy atom. The molecule has 0 saturated heterocycles. The van der Waals surface area contributed by atoms with Crippen LogP contribution < -0.4 is 5.32 Å². The molecule has 1 saturated carbocycles. The summed E-state index contributed by atoms with van der Waals surface area (Å²) in [6, 6.07) is 9.07. The topological polar surface area (TPSA) is 43.4 Å². The third-order valence-electron chi connectivity index (χ3n) is 4.55. The van der Waals surface area contributed by atoms with E-state index in [9.17, 15) is 13.2 Å². The lowest BCUT2D eigenvalue weighted by Gasteiger charge is -2.15. The van der Waals surface area contributed by atoms with Crippen molar-refractivity contribution >= 4 is 17.9 Å². The lowest BCUT2D eigenvalue weighted by molar-refractivity contribution is -0.160. The SMILES string of the molecule is COOSc1ccc(-c2cc(C(F)(F)F)cc(NCC3CCCC3)n2)cc1. The van der Waals surface area contributed by atoms with Gasteiger partial charge in [0.25, 0.3) is 0 Å². The van der Waals surface area contributed by atoms with Gasteiger partial charge in [0, 0.05) is 17.0 Å². The van der Waals surface area contributed by atoms with Gasteiger partial charge in [-0.25, -0.2) is 9.87 Å². The zero-order valence-electron chi connectivity index (χ0n) is 14.9. The van der Waals surface area contributed by atoms with E-state index in [0.717, 1.165) is 41.9 Å². The number of anilines is 1. The Kier molecular flexibility index (Phi) is 6.62. The van der Waals surface area contributed by atoms with Gasteiger partial charge < -0.3 is 5.32 Å². The molecule has 1 heterocycles. The first-order valence-electron chi connectivity index (χ1n) is 8.76. The molecule has 3 rings (SSSR count). The van der Waals surface area contributed by atoms with Crippen molar-refractivity contribution in [3.63, 3.8) is 0 Å². The van der Waals surface area contributed by atoms with Gasteiger partial charge in [-0.1, -0.05) is 25.0 Å². The predicted molar refractivity (Wildman–Crippen MR) is 99.1 cm³/mol. The Bertz CT molecular complexity index is 748. The van der Waals surface area contributed by atoms with Gasteiger partial charge in [0.05, 0.1) is 30.4 Å². The molecule has 1 aliphatic rings. The van der Waals surface area contributed by atoms with E-state index in [1.165, 1.54) is 20.0 Å². The van der Waals surface area contributed by atoms with Gasteiger partial charge in [0.1, 0.15) is 5.82 Å². The lowest BCUT2D eigenvalue weighted by Crippen LogP contribution is -2.14. The fraction of sp³-hybridized carbons (Fsp3) is 0.421. The van der Waals surface area contributed by atoms with Crippen LogP contribution in [0.4, 0.5) is 19.0 Å². The first-order chi connectivity index (χ1) is 13.0. The van der Waals surface area contributed by atoms with Crippen molar-refractivity contribution in [2.24, 2.45) is 5.92 Å². The van der Waals surface area contributed by atoms with Crippen LogP contribution in [-0.4, -0.2) is 18.6 Å². The number of hydrogen-bond acceptors (Lipinski definition) is 5. The predicted octanol–water partition coefficient (Wildman–Crippen LogP) is 5.95. The first-order valence-corrected chi connectivity index (χ1v) is 9.51. The maximum Gasteiger partial charge on any atom is 0.416 e. The average Bonchev–Trinajstić information content (AvgIpc) is 3.18. The number of aromatic nitrogens is 1. The Balaban J connectivity index is 1.83. The molecular formula is C19H21F3N2O2S. The number of alkyl halides is 3. The second-order valence-electron chi connectivity index (χ2n) is 6.50. The molecule has 2 aromatic rings. The van der Waals surface area contributed by atoms with Gasteiger partial charge in [-0.15, -0.1) is 0 Å². The molecule has 0 atom stereocenters. The van der Waals surface area contributed by atoms with Crippen LogP contribution in [0.25, 0.3) is 11.3 Å². The maximum atomic E-state index is 13.3.